The van der Waals surface area contributed by atoms with Crippen molar-refractivity contribution < 1.29 is 19.0 Å². The van der Waals surface area contributed by atoms with Crippen LogP contribution in [0.5, 0.6) is 17.2 Å². The van der Waals surface area contributed by atoms with Crippen LogP contribution in [0.15, 0.2) is 60.7 Å². The van der Waals surface area contributed by atoms with Crippen LogP contribution in [0.1, 0.15) is 26.7 Å². The first-order chi connectivity index (χ1) is 13.7. The van der Waals surface area contributed by atoms with Crippen molar-refractivity contribution in [2.24, 2.45) is 0 Å². The number of amides is 1. The average Bonchev–Trinajstić information content (AvgIpc) is 2.72. The van der Waals surface area contributed by atoms with Gasteiger partial charge in [-0.2, -0.15) is 0 Å². The minimum Gasteiger partial charge on any atom is -0.490 e. The third-order valence-electron chi connectivity index (χ3n) is 4.06. The molecule has 0 unspecified atom stereocenters. The first-order valence-corrected chi connectivity index (χ1v) is 9.58. The highest BCUT2D eigenvalue weighted by molar-refractivity contribution is 5.98. The molecular formula is C23H25NO4. The summed E-state index contributed by atoms with van der Waals surface area (Å²) in [6.45, 7) is 5.23. The second-order valence-corrected chi connectivity index (χ2v) is 6.33. The molecule has 1 amide bonds. The van der Waals surface area contributed by atoms with E-state index in [0.29, 0.717) is 36.1 Å². The second-order valence-electron chi connectivity index (χ2n) is 6.33. The van der Waals surface area contributed by atoms with Crippen LogP contribution in [0.25, 0.3) is 10.8 Å². The van der Waals surface area contributed by atoms with Crippen LogP contribution in [0.2, 0.25) is 0 Å². The number of benzene rings is 3. The number of anilines is 1. The van der Waals surface area contributed by atoms with E-state index in [1.807, 2.05) is 49.4 Å². The fourth-order valence-corrected chi connectivity index (χ4v) is 2.81. The first kappa shape index (κ1) is 19.5. The molecule has 146 valence electrons. The summed E-state index contributed by atoms with van der Waals surface area (Å²) < 4.78 is 17.5. The fourth-order valence-electron chi connectivity index (χ4n) is 2.81. The van der Waals surface area contributed by atoms with Crippen molar-refractivity contribution in [1.82, 2.24) is 0 Å². The molecule has 0 fully saturated rings. The van der Waals surface area contributed by atoms with E-state index in [1.54, 1.807) is 18.2 Å². The first-order valence-electron chi connectivity index (χ1n) is 9.58. The molecule has 3 aromatic carbocycles. The molecule has 3 rings (SSSR count). The minimum absolute atomic E-state index is 0.430. The van der Waals surface area contributed by atoms with Crippen LogP contribution < -0.4 is 19.5 Å². The Morgan fingerprint density at radius 2 is 1.46 bits per heavy atom. The third-order valence-corrected chi connectivity index (χ3v) is 4.06. The molecule has 0 aromatic heterocycles. The molecule has 0 saturated carbocycles. The van der Waals surface area contributed by atoms with Crippen molar-refractivity contribution in [3.05, 3.63) is 60.7 Å². The lowest BCUT2D eigenvalue weighted by atomic mass is 10.1. The van der Waals surface area contributed by atoms with Gasteiger partial charge in [0.2, 0.25) is 0 Å². The minimum atomic E-state index is -0.556. The van der Waals surface area contributed by atoms with Crippen LogP contribution in [0.4, 0.5) is 10.5 Å². The lowest BCUT2D eigenvalue weighted by molar-refractivity contribution is 0.215. The Bertz CT molecular complexity index is 925. The lowest BCUT2D eigenvalue weighted by Gasteiger charge is -2.17. The van der Waals surface area contributed by atoms with Crippen molar-refractivity contribution in [2.45, 2.75) is 26.7 Å². The number of fused-ring (bicyclic) bond motifs is 1. The molecule has 5 heteroatoms. The van der Waals surface area contributed by atoms with Crippen molar-refractivity contribution >= 4 is 22.6 Å². The molecule has 0 aliphatic heterocycles. The predicted octanol–water partition coefficient (Wildman–Crippen LogP) is 6.03. The SMILES string of the molecule is CCCOc1cc(OC(=O)Nc2ccccc2)c2ccccc2c1OCCC. The van der Waals surface area contributed by atoms with Crippen LogP contribution in [-0.4, -0.2) is 19.3 Å². The van der Waals surface area contributed by atoms with Gasteiger partial charge in [-0.25, -0.2) is 4.79 Å². The Morgan fingerprint density at radius 1 is 0.821 bits per heavy atom. The number of carbonyl (C=O) groups excluding carboxylic acids is 1. The molecule has 0 heterocycles. The topological polar surface area (TPSA) is 56.8 Å². The van der Waals surface area contributed by atoms with Gasteiger partial charge < -0.3 is 14.2 Å². The molecule has 3 aromatic rings. The smallest absolute Gasteiger partial charge is 0.417 e. The van der Waals surface area contributed by atoms with Gasteiger partial charge in [-0.05, 0) is 25.0 Å². The molecule has 0 bridgehead atoms. The molecule has 1 N–H and O–H groups in total. The number of hydrogen-bond donors (Lipinski definition) is 1. The van der Waals surface area contributed by atoms with E-state index in [2.05, 4.69) is 12.2 Å². The summed E-state index contributed by atoms with van der Waals surface area (Å²) in [6.07, 6.45) is 1.20. The van der Waals surface area contributed by atoms with Gasteiger partial charge in [-0.3, -0.25) is 5.32 Å². The van der Waals surface area contributed by atoms with Gasteiger partial charge >= 0.3 is 6.09 Å². The fraction of sp³-hybridized carbons (Fsp3) is 0.261. The third kappa shape index (κ3) is 4.74. The number of ether oxygens (including phenoxy) is 3. The van der Waals surface area contributed by atoms with Crippen LogP contribution in [0.3, 0.4) is 0 Å². The maximum atomic E-state index is 12.4. The normalized spacial score (nSPS) is 10.5. The average molecular weight is 379 g/mol. The summed E-state index contributed by atoms with van der Waals surface area (Å²) >= 11 is 0. The maximum Gasteiger partial charge on any atom is 0.417 e. The molecule has 0 saturated heterocycles. The zero-order valence-electron chi connectivity index (χ0n) is 16.2. The molecule has 0 aliphatic rings. The summed E-state index contributed by atoms with van der Waals surface area (Å²) in [5.74, 6) is 1.69. The quantitative estimate of drug-likeness (QED) is 0.519. The molecular weight excluding hydrogens is 354 g/mol. The van der Waals surface area contributed by atoms with Crippen LogP contribution >= 0.6 is 0 Å². The highest BCUT2D eigenvalue weighted by Gasteiger charge is 2.17. The Morgan fingerprint density at radius 3 is 2.18 bits per heavy atom. The zero-order chi connectivity index (χ0) is 19.8. The summed E-state index contributed by atoms with van der Waals surface area (Å²) in [5.41, 5.74) is 0.669. The van der Waals surface area contributed by atoms with Gasteiger partial charge in [0, 0.05) is 22.5 Å². The van der Waals surface area contributed by atoms with Gasteiger partial charge in [0.1, 0.15) is 5.75 Å². The van der Waals surface area contributed by atoms with E-state index in [4.69, 9.17) is 14.2 Å². The van der Waals surface area contributed by atoms with Crippen LogP contribution in [0, 0.1) is 0 Å². The zero-order valence-corrected chi connectivity index (χ0v) is 16.2. The number of nitrogens with one attached hydrogen (secondary N) is 1. The Labute approximate surface area is 165 Å². The van der Waals surface area contributed by atoms with Crippen LogP contribution in [-0.2, 0) is 0 Å². The van der Waals surface area contributed by atoms with Gasteiger partial charge in [0.15, 0.2) is 11.5 Å². The monoisotopic (exact) mass is 379 g/mol. The Balaban J connectivity index is 1.95. The summed E-state index contributed by atoms with van der Waals surface area (Å²) in [6, 6.07) is 18.6. The number of rotatable bonds is 8. The number of carbonyl (C=O) groups is 1. The summed E-state index contributed by atoms with van der Waals surface area (Å²) in [4.78, 5) is 12.4. The van der Waals surface area contributed by atoms with Crippen molar-refractivity contribution in [3.8, 4) is 17.2 Å². The highest BCUT2D eigenvalue weighted by Crippen LogP contribution is 2.42. The van der Waals surface area contributed by atoms with Gasteiger partial charge in [0.25, 0.3) is 0 Å². The number of hydrogen-bond acceptors (Lipinski definition) is 4. The Kier molecular flexibility index (Phi) is 6.73. The standard InChI is InChI=1S/C23H25NO4/c1-3-14-26-21-16-20(28-23(25)24-17-10-6-5-7-11-17)18-12-8-9-13-19(18)22(21)27-15-4-2/h5-13,16H,3-4,14-15H2,1-2H3,(H,24,25). The molecule has 28 heavy (non-hydrogen) atoms. The molecule has 0 radical (unpaired) electrons. The van der Waals surface area contributed by atoms with Gasteiger partial charge in [-0.1, -0.05) is 56.3 Å². The Hall–Kier alpha value is -3.21. The van der Waals surface area contributed by atoms with E-state index < -0.39 is 6.09 Å². The lowest BCUT2D eigenvalue weighted by Crippen LogP contribution is -2.17. The van der Waals surface area contributed by atoms with E-state index in [-0.39, 0.29) is 0 Å². The summed E-state index contributed by atoms with van der Waals surface area (Å²) in [7, 11) is 0. The maximum absolute atomic E-state index is 12.4. The van der Waals surface area contributed by atoms with E-state index in [9.17, 15) is 4.79 Å². The van der Waals surface area contributed by atoms with Gasteiger partial charge in [0.05, 0.1) is 13.2 Å². The largest absolute Gasteiger partial charge is 0.490 e. The van der Waals surface area contributed by atoms with E-state index in [0.717, 1.165) is 23.6 Å². The van der Waals surface area contributed by atoms with Crippen molar-refractivity contribution in [1.29, 1.82) is 0 Å². The molecule has 5 nitrogen and oxygen atoms in total. The van der Waals surface area contributed by atoms with Crippen molar-refractivity contribution in [2.75, 3.05) is 18.5 Å². The van der Waals surface area contributed by atoms with Crippen molar-refractivity contribution in [3.63, 3.8) is 0 Å². The highest BCUT2D eigenvalue weighted by atomic mass is 16.6. The second kappa shape index (κ2) is 9.65. The summed E-state index contributed by atoms with van der Waals surface area (Å²) in [5, 5.41) is 4.38. The molecule has 0 aliphatic carbocycles. The van der Waals surface area contributed by atoms with E-state index in [1.165, 1.54) is 0 Å². The van der Waals surface area contributed by atoms with Gasteiger partial charge in [-0.15, -0.1) is 0 Å². The molecule has 0 spiro atoms. The van der Waals surface area contributed by atoms with E-state index >= 15 is 0 Å². The predicted molar refractivity (Wildman–Crippen MR) is 112 cm³/mol. The number of para-hydroxylation sites is 1. The molecule has 0 atom stereocenters.